The molecule has 0 bridgehead atoms. The van der Waals surface area contributed by atoms with Crippen LogP contribution in [0.15, 0.2) is 67.3 Å². The zero-order valence-electron chi connectivity index (χ0n) is 16.0. The summed E-state index contributed by atoms with van der Waals surface area (Å²) in [6.07, 6.45) is 1.59. The van der Waals surface area contributed by atoms with E-state index in [0.29, 0.717) is 30.0 Å². The molecule has 0 aliphatic rings. The van der Waals surface area contributed by atoms with Crippen molar-refractivity contribution in [2.24, 2.45) is 0 Å². The van der Waals surface area contributed by atoms with E-state index < -0.39 is 5.91 Å². The molecule has 0 aliphatic heterocycles. The lowest BCUT2D eigenvalue weighted by molar-refractivity contribution is 0.0959. The van der Waals surface area contributed by atoms with E-state index in [1.807, 2.05) is 30.3 Å². The van der Waals surface area contributed by atoms with Crippen LogP contribution in [0.4, 0.5) is 5.69 Å². The molecule has 0 fully saturated rings. The SMILES string of the molecule is C=CCNC(=O)c1ccccc1NC(=O)c1c(C)nn(Cc2ccccc2)c1Cl. The molecule has 0 unspecified atom stereocenters. The Labute approximate surface area is 174 Å². The predicted molar refractivity (Wildman–Crippen MR) is 114 cm³/mol. The van der Waals surface area contributed by atoms with Crippen molar-refractivity contribution < 1.29 is 9.59 Å². The average molecular weight is 409 g/mol. The molecule has 0 spiro atoms. The van der Waals surface area contributed by atoms with Gasteiger partial charge in [0.15, 0.2) is 0 Å². The lowest BCUT2D eigenvalue weighted by atomic mass is 10.1. The maximum Gasteiger partial charge on any atom is 0.260 e. The molecular formula is C22H21ClN4O2. The van der Waals surface area contributed by atoms with Gasteiger partial charge in [0.1, 0.15) is 5.15 Å². The Balaban J connectivity index is 1.83. The number of hydrogen-bond acceptors (Lipinski definition) is 3. The van der Waals surface area contributed by atoms with Crippen molar-refractivity contribution in [3.05, 3.63) is 94.8 Å². The third-order valence-corrected chi connectivity index (χ3v) is 4.68. The van der Waals surface area contributed by atoms with E-state index in [1.165, 1.54) is 0 Å². The normalized spacial score (nSPS) is 10.4. The van der Waals surface area contributed by atoms with Gasteiger partial charge < -0.3 is 10.6 Å². The van der Waals surface area contributed by atoms with E-state index in [1.54, 1.807) is 41.9 Å². The highest BCUT2D eigenvalue weighted by Crippen LogP contribution is 2.23. The Morgan fingerprint density at radius 3 is 2.52 bits per heavy atom. The Bertz CT molecular complexity index is 1040. The summed E-state index contributed by atoms with van der Waals surface area (Å²) in [5.74, 6) is -0.723. The summed E-state index contributed by atoms with van der Waals surface area (Å²) >= 11 is 6.46. The summed E-state index contributed by atoms with van der Waals surface area (Å²) in [4.78, 5) is 25.2. The molecule has 6 nitrogen and oxygen atoms in total. The molecule has 0 radical (unpaired) electrons. The third-order valence-electron chi connectivity index (χ3n) is 4.29. The molecular weight excluding hydrogens is 388 g/mol. The quantitative estimate of drug-likeness (QED) is 0.579. The lowest BCUT2D eigenvalue weighted by Gasteiger charge is -2.11. The van der Waals surface area contributed by atoms with Gasteiger partial charge in [0, 0.05) is 6.54 Å². The summed E-state index contributed by atoms with van der Waals surface area (Å²) in [7, 11) is 0. The van der Waals surface area contributed by atoms with Gasteiger partial charge in [-0.25, -0.2) is 4.68 Å². The molecule has 7 heteroatoms. The maximum atomic E-state index is 12.9. The second kappa shape index (κ2) is 9.21. The minimum atomic E-state index is -0.421. The number of anilines is 1. The number of benzene rings is 2. The first kappa shape index (κ1) is 20.4. The van der Waals surface area contributed by atoms with Crippen LogP contribution in [0.1, 0.15) is 32.0 Å². The number of carbonyl (C=O) groups is 2. The average Bonchev–Trinajstić information content (AvgIpc) is 3.00. The van der Waals surface area contributed by atoms with Gasteiger partial charge in [0.2, 0.25) is 0 Å². The van der Waals surface area contributed by atoms with Crippen molar-refractivity contribution in [1.82, 2.24) is 15.1 Å². The lowest BCUT2D eigenvalue weighted by Crippen LogP contribution is -2.25. The van der Waals surface area contributed by atoms with Crippen LogP contribution >= 0.6 is 11.6 Å². The van der Waals surface area contributed by atoms with Crippen LogP contribution in [0.25, 0.3) is 0 Å². The molecule has 0 aliphatic carbocycles. The second-order valence-electron chi connectivity index (χ2n) is 6.39. The topological polar surface area (TPSA) is 76.0 Å². The van der Waals surface area contributed by atoms with Gasteiger partial charge in [-0.2, -0.15) is 5.10 Å². The van der Waals surface area contributed by atoms with E-state index in [9.17, 15) is 9.59 Å². The number of carbonyl (C=O) groups excluding carboxylic acids is 2. The smallest absolute Gasteiger partial charge is 0.260 e. The Hall–Kier alpha value is -3.38. The minimum Gasteiger partial charge on any atom is -0.349 e. The first-order valence-corrected chi connectivity index (χ1v) is 9.45. The number of halogens is 1. The zero-order chi connectivity index (χ0) is 20.8. The molecule has 0 atom stereocenters. The number of rotatable bonds is 7. The first-order chi connectivity index (χ1) is 14.0. The van der Waals surface area contributed by atoms with E-state index in [0.717, 1.165) is 5.56 Å². The molecule has 3 rings (SSSR count). The number of aromatic nitrogens is 2. The van der Waals surface area contributed by atoms with Crippen molar-refractivity contribution in [3.63, 3.8) is 0 Å². The van der Waals surface area contributed by atoms with E-state index in [4.69, 9.17) is 11.6 Å². The highest BCUT2D eigenvalue weighted by atomic mass is 35.5. The van der Waals surface area contributed by atoms with Crippen molar-refractivity contribution in [2.75, 3.05) is 11.9 Å². The highest BCUT2D eigenvalue weighted by Gasteiger charge is 2.22. The number of amides is 2. The van der Waals surface area contributed by atoms with E-state index >= 15 is 0 Å². The molecule has 0 saturated heterocycles. The Kier molecular flexibility index (Phi) is 6.46. The molecule has 3 aromatic rings. The maximum absolute atomic E-state index is 12.9. The van der Waals surface area contributed by atoms with Gasteiger partial charge in [-0.3, -0.25) is 9.59 Å². The number of nitrogens with one attached hydrogen (secondary N) is 2. The molecule has 0 saturated carbocycles. The Morgan fingerprint density at radius 2 is 1.79 bits per heavy atom. The molecule has 29 heavy (non-hydrogen) atoms. The number of hydrogen-bond donors (Lipinski definition) is 2. The van der Waals surface area contributed by atoms with Crippen molar-refractivity contribution in [1.29, 1.82) is 0 Å². The number of aryl methyl sites for hydroxylation is 1. The molecule has 1 aromatic heterocycles. The standard InChI is InChI=1S/C22H21ClN4O2/c1-3-13-24-21(28)17-11-7-8-12-18(17)25-22(29)19-15(2)26-27(20(19)23)14-16-9-5-4-6-10-16/h3-12H,1,13-14H2,2H3,(H,24,28)(H,25,29). The van der Waals surface area contributed by atoms with Crippen LogP contribution in [-0.4, -0.2) is 28.1 Å². The molecule has 2 N–H and O–H groups in total. The van der Waals surface area contributed by atoms with Gasteiger partial charge >= 0.3 is 0 Å². The van der Waals surface area contributed by atoms with Crippen molar-refractivity contribution in [3.8, 4) is 0 Å². The van der Waals surface area contributed by atoms with Crippen LogP contribution < -0.4 is 10.6 Å². The van der Waals surface area contributed by atoms with Gasteiger partial charge in [-0.05, 0) is 24.6 Å². The first-order valence-electron chi connectivity index (χ1n) is 9.07. The summed E-state index contributed by atoms with van der Waals surface area (Å²) in [5.41, 5.74) is 2.56. The largest absolute Gasteiger partial charge is 0.349 e. The summed E-state index contributed by atoms with van der Waals surface area (Å²) < 4.78 is 1.59. The van der Waals surface area contributed by atoms with Crippen LogP contribution in [0, 0.1) is 6.92 Å². The fourth-order valence-corrected chi connectivity index (χ4v) is 3.23. The van der Waals surface area contributed by atoms with Crippen LogP contribution in [0.5, 0.6) is 0 Å². The van der Waals surface area contributed by atoms with Crippen LogP contribution in [0.2, 0.25) is 5.15 Å². The highest BCUT2D eigenvalue weighted by molar-refractivity contribution is 6.33. The number of nitrogens with zero attached hydrogens (tertiary/aromatic N) is 2. The molecule has 2 aromatic carbocycles. The predicted octanol–water partition coefficient (Wildman–Crippen LogP) is 4.06. The van der Waals surface area contributed by atoms with Crippen LogP contribution in [0.3, 0.4) is 0 Å². The van der Waals surface area contributed by atoms with E-state index in [-0.39, 0.29) is 16.6 Å². The fraction of sp³-hybridized carbons (Fsp3) is 0.136. The van der Waals surface area contributed by atoms with Gasteiger partial charge in [0.05, 0.1) is 29.1 Å². The summed E-state index contributed by atoms with van der Waals surface area (Å²) in [6.45, 7) is 6.09. The van der Waals surface area contributed by atoms with Crippen molar-refractivity contribution in [2.45, 2.75) is 13.5 Å². The van der Waals surface area contributed by atoms with Gasteiger partial charge in [0.25, 0.3) is 11.8 Å². The summed E-state index contributed by atoms with van der Waals surface area (Å²) in [6, 6.07) is 16.5. The molecule has 2 amide bonds. The second-order valence-corrected chi connectivity index (χ2v) is 6.75. The molecule has 148 valence electrons. The third kappa shape index (κ3) is 4.73. The Morgan fingerprint density at radius 1 is 1.10 bits per heavy atom. The monoisotopic (exact) mass is 408 g/mol. The zero-order valence-corrected chi connectivity index (χ0v) is 16.7. The van der Waals surface area contributed by atoms with E-state index in [2.05, 4.69) is 22.3 Å². The minimum absolute atomic E-state index is 0.248. The van der Waals surface area contributed by atoms with Gasteiger partial charge in [-0.15, -0.1) is 6.58 Å². The molecule has 1 heterocycles. The number of para-hydroxylation sites is 1. The van der Waals surface area contributed by atoms with Crippen LogP contribution in [-0.2, 0) is 6.54 Å². The fourth-order valence-electron chi connectivity index (χ4n) is 2.91. The summed E-state index contributed by atoms with van der Waals surface area (Å²) in [5, 5.41) is 10.1. The van der Waals surface area contributed by atoms with Crippen molar-refractivity contribution >= 4 is 29.1 Å². The van der Waals surface area contributed by atoms with Gasteiger partial charge in [-0.1, -0.05) is 60.1 Å².